The Balaban J connectivity index is 1.60. The summed E-state index contributed by atoms with van der Waals surface area (Å²) in [6.07, 6.45) is 0.189. The van der Waals surface area contributed by atoms with E-state index in [1.165, 1.54) is 53.0 Å². The van der Waals surface area contributed by atoms with Crippen molar-refractivity contribution in [1.29, 1.82) is 0 Å². The number of nitrogens with zero attached hydrogens (tertiary/aromatic N) is 3. The number of aryl methyl sites for hydroxylation is 1. The molecule has 0 aliphatic carbocycles. The Hall–Kier alpha value is -3.12. The minimum absolute atomic E-state index is 0.0690. The molecular weight excluding hydrogens is 456 g/mol. The summed E-state index contributed by atoms with van der Waals surface area (Å²) in [6.45, 7) is 0. The molecule has 2 atom stereocenters. The number of methoxy groups -OCH3 is 2. The number of carbonyl (C=O) groups excluding carboxylic acids is 4. The summed E-state index contributed by atoms with van der Waals surface area (Å²) < 4.78 is 11.0. The molecule has 0 radical (unpaired) electrons. The number of aromatic nitrogens is 2. The van der Waals surface area contributed by atoms with Crippen molar-refractivity contribution in [3.8, 4) is 0 Å². The molecule has 0 aromatic carbocycles. The lowest BCUT2D eigenvalue weighted by Crippen LogP contribution is -2.70. The summed E-state index contributed by atoms with van der Waals surface area (Å²) in [7, 11) is 4.08. The number of thioether (sulfide) groups is 1. The molecule has 168 valence electrons. The van der Waals surface area contributed by atoms with Crippen LogP contribution in [0.4, 0.5) is 0 Å². The van der Waals surface area contributed by atoms with Gasteiger partial charge in [0.15, 0.2) is 0 Å². The molecule has 12 heteroatoms. The predicted octanol–water partition coefficient (Wildman–Crippen LogP) is 0.795. The first-order valence-electron chi connectivity index (χ1n) is 9.56. The van der Waals surface area contributed by atoms with Crippen molar-refractivity contribution in [1.82, 2.24) is 20.0 Å². The van der Waals surface area contributed by atoms with Crippen molar-refractivity contribution in [2.75, 3.05) is 20.0 Å². The second kappa shape index (κ2) is 8.79. The third-order valence-electron chi connectivity index (χ3n) is 5.16. The lowest BCUT2D eigenvalue weighted by atomic mass is 10.0. The smallest absolute Gasteiger partial charge is 0.356 e. The topological polar surface area (TPSA) is 120 Å². The van der Waals surface area contributed by atoms with Gasteiger partial charge in [-0.2, -0.15) is 5.10 Å². The fourth-order valence-electron chi connectivity index (χ4n) is 3.61. The van der Waals surface area contributed by atoms with Gasteiger partial charge in [-0.25, -0.2) is 9.59 Å². The molecule has 0 spiro atoms. The number of thiophene rings is 1. The maximum atomic E-state index is 12.9. The molecular formula is C20H20N4O6S2. The maximum absolute atomic E-state index is 12.9. The highest BCUT2D eigenvalue weighted by Crippen LogP contribution is 2.43. The quantitative estimate of drug-likeness (QED) is 0.480. The first-order chi connectivity index (χ1) is 15.3. The average molecular weight is 477 g/mol. The van der Waals surface area contributed by atoms with Crippen LogP contribution in [0.25, 0.3) is 5.57 Å². The van der Waals surface area contributed by atoms with Crippen LogP contribution >= 0.6 is 23.1 Å². The molecule has 2 amide bonds. The van der Waals surface area contributed by atoms with Gasteiger partial charge in [-0.05, 0) is 17.5 Å². The Labute approximate surface area is 191 Å². The summed E-state index contributed by atoms with van der Waals surface area (Å²) in [5, 5.41) is 8.54. The second-order valence-corrected chi connectivity index (χ2v) is 9.20. The van der Waals surface area contributed by atoms with Gasteiger partial charge in [0.2, 0.25) is 5.91 Å². The molecule has 2 aliphatic rings. The predicted molar refractivity (Wildman–Crippen MR) is 117 cm³/mol. The van der Waals surface area contributed by atoms with Gasteiger partial charge >= 0.3 is 11.9 Å². The molecule has 0 saturated carbocycles. The maximum Gasteiger partial charge on any atom is 0.356 e. The lowest BCUT2D eigenvalue weighted by Gasteiger charge is -2.49. The SMILES string of the molecule is COC(=O)C1=C(c2cc(C(=O)OC)n(C)n2)CS[C@@H]2[C@H](NC(=O)Cc3cccs3)C(=O)N12. The molecule has 32 heavy (non-hydrogen) atoms. The molecule has 0 bridgehead atoms. The van der Waals surface area contributed by atoms with Gasteiger partial charge < -0.3 is 14.8 Å². The molecule has 4 heterocycles. The highest BCUT2D eigenvalue weighted by molar-refractivity contribution is 8.00. The van der Waals surface area contributed by atoms with E-state index in [9.17, 15) is 19.2 Å². The third-order valence-corrected chi connectivity index (χ3v) is 7.32. The number of esters is 2. The van der Waals surface area contributed by atoms with Gasteiger partial charge in [0, 0.05) is 23.3 Å². The van der Waals surface area contributed by atoms with E-state index >= 15 is 0 Å². The van der Waals surface area contributed by atoms with E-state index in [1.807, 2.05) is 17.5 Å². The van der Waals surface area contributed by atoms with Crippen LogP contribution in [0.3, 0.4) is 0 Å². The summed E-state index contributed by atoms with van der Waals surface area (Å²) in [4.78, 5) is 52.1. The Morgan fingerprint density at radius 2 is 2.00 bits per heavy atom. The fourth-order valence-corrected chi connectivity index (χ4v) is 5.67. The zero-order chi connectivity index (χ0) is 23.0. The number of carbonyl (C=O) groups is 4. The normalized spacial score (nSPS) is 19.8. The monoisotopic (exact) mass is 476 g/mol. The molecule has 10 nitrogen and oxygen atoms in total. The van der Waals surface area contributed by atoms with Gasteiger partial charge in [0.25, 0.3) is 5.91 Å². The molecule has 2 aromatic heterocycles. The number of ether oxygens (including phenoxy) is 2. The Morgan fingerprint density at radius 3 is 2.66 bits per heavy atom. The zero-order valence-corrected chi connectivity index (χ0v) is 19.1. The number of amides is 2. The molecule has 2 aromatic rings. The molecule has 2 aliphatic heterocycles. The standard InChI is InChI=1S/C20H20N4O6S2/c1-23-13(19(27)29-2)8-12(22-23)11-9-32-18-15(17(26)24(18)16(11)20(28)30-3)21-14(25)7-10-5-4-6-31-10/h4-6,8,15,18H,7,9H2,1-3H3,(H,21,25)/t15-,18-/m1/s1. The van der Waals surface area contributed by atoms with Crippen molar-refractivity contribution in [3.63, 3.8) is 0 Å². The van der Waals surface area contributed by atoms with Crippen molar-refractivity contribution >= 4 is 52.4 Å². The Kier molecular flexibility index (Phi) is 6.07. The van der Waals surface area contributed by atoms with E-state index in [1.54, 1.807) is 7.05 Å². The summed E-state index contributed by atoms with van der Waals surface area (Å²) in [5.41, 5.74) is 1.12. The van der Waals surface area contributed by atoms with Gasteiger partial charge in [-0.3, -0.25) is 19.2 Å². The van der Waals surface area contributed by atoms with Gasteiger partial charge in [-0.1, -0.05) is 6.07 Å². The molecule has 0 unspecified atom stereocenters. The molecule has 4 rings (SSSR count). The number of β-lactam (4-membered cyclic amide) rings is 1. The van der Waals surface area contributed by atoms with Crippen LogP contribution in [0.5, 0.6) is 0 Å². The largest absolute Gasteiger partial charge is 0.464 e. The van der Waals surface area contributed by atoms with Crippen LogP contribution in [0.1, 0.15) is 21.1 Å². The van der Waals surface area contributed by atoms with Gasteiger partial charge in [0.05, 0.1) is 26.3 Å². The number of nitrogens with one attached hydrogen (secondary N) is 1. The number of rotatable bonds is 6. The van der Waals surface area contributed by atoms with Crippen LogP contribution in [-0.2, 0) is 37.3 Å². The number of fused-ring (bicyclic) bond motifs is 1. The first-order valence-corrected chi connectivity index (χ1v) is 11.5. The van der Waals surface area contributed by atoms with Crippen LogP contribution in [-0.4, -0.2) is 69.8 Å². The zero-order valence-electron chi connectivity index (χ0n) is 17.5. The highest BCUT2D eigenvalue weighted by atomic mass is 32.2. The second-order valence-electron chi connectivity index (χ2n) is 7.06. The van der Waals surface area contributed by atoms with E-state index < -0.39 is 29.3 Å². The van der Waals surface area contributed by atoms with E-state index in [-0.39, 0.29) is 23.7 Å². The minimum atomic E-state index is -0.733. The van der Waals surface area contributed by atoms with Crippen molar-refractivity contribution in [2.24, 2.45) is 7.05 Å². The van der Waals surface area contributed by atoms with Crippen LogP contribution < -0.4 is 5.32 Å². The lowest BCUT2D eigenvalue weighted by molar-refractivity contribution is -0.151. The van der Waals surface area contributed by atoms with Crippen LogP contribution in [0, 0.1) is 0 Å². The number of hydrogen-bond donors (Lipinski definition) is 1. The molecule has 1 N–H and O–H groups in total. The highest BCUT2D eigenvalue weighted by Gasteiger charge is 2.54. The minimum Gasteiger partial charge on any atom is -0.464 e. The molecule has 1 fully saturated rings. The van der Waals surface area contributed by atoms with Gasteiger partial charge in [0.1, 0.15) is 22.8 Å². The Bertz CT molecular complexity index is 1120. The first kappa shape index (κ1) is 22.1. The fraction of sp³-hybridized carbons (Fsp3) is 0.350. The van der Waals surface area contributed by atoms with Crippen LogP contribution in [0.2, 0.25) is 0 Å². The average Bonchev–Trinajstić information content (AvgIpc) is 3.44. The van der Waals surface area contributed by atoms with Crippen LogP contribution in [0.15, 0.2) is 29.3 Å². The third kappa shape index (κ3) is 3.79. The Morgan fingerprint density at radius 1 is 1.25 bits per heavy atom. The summed E-state index contributed by atoms with van der Waals surface area (Å²) in [5.74, 6) is -1.57. The van der Waals surface area contributed by atoms with E-state index in [0.29, 0.717) is 17.0 Å². The van der Waals surface area contributed by atoms with E-state index in [0.717, 1.165) is 4.88 Å². The summed E-state index contributed by atoms with van der Waals surface area (Å²) in [6, 6.07) is 4.49. The van der Waals surface area contributed by atoms with E-state index in [4.69, 9.17) is 9.47 Å². The van der Waals surface area contributed by atoms with Crippen molar-refractivity contribution in [3.05, 3.63) is 45.5 Å². The molecule has 1 saturated heterocycles. The number of hydrogen-bond acceptors (Lipinski definition) is 9. The summed E-state index contributed by atoms with van der Waals surface area (Å²) >= 11 is 2.87. The van der Waals surface area contributed by atoms with Gasteiger partial charge in [-0.15, -0.1) is 23.1 Å². The van der Waals surface area contributed by atoms with Crippen molar-refractivity contribution < 1.29 is 28.7 Å². The van der Waals surface area contributed by atoms with E-state index in [2.05, 4.69) is 10.4 Å². The van der Waals surface area contributed by atoms with Crippen molar-refractivity contribution in [2.45, 2.75) is 17.8 Å².